The number of rotatable bonds is 5. The number of ether oxygens (including phenoxy) is 4. The van der Waals surface area contributed by atoms with Crippen LogP contribution in [0.5, 0.6) is 11.5 Å². The molecule has 3 atom stereocenters. The predicted molar refractivity (Wildman–Crippen MR) is 143 cm³/mol. The van der Waals surface area contributed by atoms with Gasteiger partial charge in [-0.3, -0.25) is 19.2 Å². The molecule has 9 nitrogen and oxygen atoms in total. The Morgan fingerprint density at radius 1 is 0.950 bits per heavy atom. The van der Waals surface area contributed by atoms with Crippen molar-refractivity contribution < 1.29 is 38.1 Å². The number of carbonyl (C=O) groups is 4. The van der Waals surface area contributed by atoms with Crippen molar-refractivity contribution in [3.8, 4) is 11.5 Å². The minimum absolute atomic E-state index is 0.0425. The van der Waals surface area contributed by atoms with Crippen molar-refractivity contribution in [2.45, 2.75) is 18.6 Å². The molecule has 3 aromatic rings. The molecule has 11 heteroatoms. The van der Waals surface area contributed by atoms with E-state index in [1.165, 1.54) is 24.3 Å². The third-order valence-corrected chi connectivity index (χ3v) is 8.02. The minimum atomic E-state index is -2.32. The van der Waals surface area contributed by atoms with Crippen molar-refractivity contribution in [1.82, 2.24) is 0 Å². The summed E-state index contributed by atoms with van der Waals surface area (Å²) >= 11 is 12.4. The number of amides is 1. The molecule has 0 bridgehead atoms. The summed E-state index contributed by atoms with van der Waals surface area (Å²) < 4.78 is 22.4. The maximum absolute atomic E-state index is 14.0. The first-order valence-electron chi connectivity index (χ1n) is 12.4. The predicted octanol–water partition coefficient (Wildman–Crippen LogP) is 5.05. The molecule has 1 spiro atoms. The van der Waals surface area contributed by atoms with Crippen molar-refractivity contribution in [3.05, 3.63) is 87.4 Å². The molecule has 2 heterocycles. The molecule has 1 N–H and O–H groups in total. The molecule has 3 aromatic carbocycles. The Morgan fingerprint density at radius 3 is 2.33 bits per heavy atom. The monoisotopic (exact) mass is 581 g/mol. The average Bonchev–Trinajstić information content (AvgIpc) is 3.62. The second-order valence-corrected chi connectivity index (χ2v) is 10.3. The lowest BCUT2D eigenvalue weighted by Crippen LogP contribution is -2.52. The van der Waals surface area contributed by atoms with Crippen LogP contribution in [0.4, 0.5) is 5.69 Å². The average molecular weight is 582 g/mol. The van der Waals surface area contributed by atoms with E-state index in [0.29, 0.717) is 22.7 Å². The molecule has 1 aliphatic carbocycles. The van der Waals surface area contributed by atoms with Gasteiger partial charge in [0.15, 0.2) is 11.5 Å². The number of benzene rings is 3. The van der Waals surface area contributed by atoms with Crippen LogP contribution in [-0.2, 0) is 19.1 Å². The fourth-order valence-electron chi connectivity index (χ4n) is 5.54. The summed E-state index contributed by atoms with van der Waals surface area (Å²) in [6.45, 7) is 1.58. The quantitative estimate of drug-likeness (QED) is 0.329. The standard InChI is InChI=1S/C29H21Cl2NO8/c1-2-37-28(36)23-22(27(35)32-15-8-10-20-21(12-15)39-13-38-20)24(14-7-9-18(30)19(31)11-14)40-29(23)25(33)16-5-3-4-6-17(16)26(29)34/h3-12,22-24H,2,13H2,1H3,(H,32,35)/t22-,23+,24?/m0/s1. The van der Waals surface area contributed by atoms with E-state index in [9.17, 15) is 19.2 Å². The van der Waals surface area contributed by atoms with E-state index in [-0.39, 0.29) is 34.6 Å². The lowest BCUT2D eigenvalue weighted by molar-refractivity contribution is -0.153. The molecule has 204 valence electrons. The van der Waals surface area contributed by atoms with Gasteiger partial charge in [-0.1, -0.05) is 53.5 Å². The Balaban J connectivity index is 1.49. The Bertz CT molecular complexity index is 1550. The molecular formula is C29H21Cl2NO8. The van der Waals surface area contributed by atoms with Gasteiger partial charge in [-0.05, 0) is 36.8 Å². The number of fused-ring (bicyclic) bond motifs is 2. The Kier molecular flexibility index (Phi) is 6.53. The van der Waals surface area contributed by atoms with Gasteiger partial charge in [-0.25, -0.2) is 0 Å². The van der Waals surface area contributed by atoms with Crippen molar-refractivity contribution in [3.63, 3.8) is 0 Å². The first-order valence-corrected chi connectivity index (χ1v) is 13.2. The highest BCUT2D eigenvalue weighted by atomic mass is 35.5. The number of esters is 1. The highest BCUT2D eigenvalue weighted by Gasteiger charge is 2.71. The van der Waals surface area contributed by atoms with Gasteiger partial charge in [0.05, 0.1) is 28.7 Å². The van der Waals surface area contributed by atoms with Gasteiger partial charge in [-0.2, -0.15) is 0 Å². The van der Waals surface area contributed by atoms with Crippen LogP contribution in [0.25, 0.3) is 0 Å². The molecule has 40 heavy (non-hydrogen) atoms. The van der Waals surface area contributed by atoms with Crippen LogP contribution in [-0.4, -0.2) is 42.4 Å². The molecule has 0 aromatic heterocycles. The van der Waals surface area contributed by atoms with Gasteiger partial charge in [-0.15, -0.1) is 0 Å². The summed E-state index contributed by atoms with van der Waals surface area (Å²) in [6.07, 6.45) is -1.24. The van der Waals surface area contributed by atoms with E-state index in [1.807, 2.05) is 0 Å². The molecular weight excluding hydrogens is 561 g/mol. The summed E-state index contributed by atoms with van der Waals surface area (Å²) in [7, 11) is 0. The van der Waals surface area contributed by atoms with Gasteiger partial charge < -0.3 is 24.3 Å². The number of nitrogens with one attached hydrogen (secondary N) is 1. The third-order valence-electron chi connectivity index (χ3n) is 7.28. The first-order chi connectivity index (χ1) is 19.3. The number of hydrogen-bond donors (Lipinski definition) is 1. The van der Waals surface area contributed by atoms with E-state index in [0.717, 1.165) is 0 Å². The topological polar surface area (TPSA) is 117 Å². The van der Waals surface area contributed by atoms with Crippen molar-refractivity contribution >= 4 is 52.3 Å². The minimum Gasteiger partial charge on any atom is -0.466 e. The molecule has 1 unspecified atom stereocenters. The van der Waals surface area contributed by atoms with Crippen LogP contribution in [0.1, 0.15) is 39.3 Å². The number of ketones is 2. The highest BCUT2D eigenvalue weighted by molar-refractivity contribution is 6.42. The van der Waals surface area contributed by atoms with E-state index in [4.69, 9.17) is 42.1 Å². The second kappa shape index (κ2) is 9.92. The summed E-state index contributed by atoms with van der Waals surface area (Å²) in [5.41, 5.74) is -1.41. The van der Waals surface area contributed by atoms with E-state index in [1.54, 1.807) is 43.3 Å². The number of carbonyl (C=O) groups excluding carboxylic acids is 4. The fraction of sp³-hybridized carbons (Fsp3) is 0.241. The van der Waals surface area contributed by atoms with Crippen LogP contribution >= 0.6 is 23.2 Å². The molecule has 0 radical (unpaired) electrons. The smallest absolute Gasteiger partial charge is 0.313 e. The summed E-state index contributed by atoms with van der Waals surface area (Å²) in [6, 6.07) is 15.6. The molecule has 1 amide bonds. The van der Waals surface area contributed by atoms with Gasteiger partial charge in [0.1, 0.15) is 5.92 Å². The number of halogens is 2. The Morgan fingerprint density at radius 2 is 1.65 bits per heavy atom. The normalized spacial score (nSPS) is 21.9. The molecule has 2 aliphatic heterocycles. The van der Waals surface area contributed by atoms with E-state index < -0.39 is 47.0 Å². The first kappa shape index (κ1) is 26.3. The second-order valence-electron chi connectivity index (χ2n) is 9.46. The van der Waals surface area contributed by atoms with Gasteiger partial charge in [0.25, 0.3) is 0 Å². The van der Waals surface area contributed by atoms with Crippen LogP contribution in [0, 0.1) is 11.8 Å². The van der Waals surface area contributed by atoms with Gasteiger partial charge in [0.2, 0.25) is 29.9 Å². The Hall–Kier alpha value is -3.92. The molecule has 1 fully saturated rings. The van der Waals surface area contributed by atoms with Crippen LogP contribution in [0.2, 0.25) is 10.0 Å². The van der Waals surface area contributed by atoms with E-state index >= 15 is 0 Å². The zero-order valence-corrected chi connectivity index (χ0v) is 22.5. The lowest BCUT2D eigenvalue weighted by atomic mass is 9.75. The van der Waals surface area contributed by atoms with Gasteiger partial charge >= 0.3 is 5.97 Å². The zero-order chi connectivity index (χ0) is 28.2. The maximum Gasteiger partial charge on any atom is 0.313 e. The third kappa shape index (κ3) is 3.96. The summed E-state index contributed by atoms with van der Waals surface area (Å²) in [5, 5.41) is 3.20. The van der Waals surface area contributed by atoms with Gasteiger partial charge in [0, 0.05) is 22.9 Å². The molecule has 1 saturated heterocycles. The molecule has 6 rings (SSSR count). The highest BCUT2D eigenvalue weighted by Crippen LogP contribution is 2.55. The van der Waals surface area contributed by atoms with Crippen molar-refractivity contribution in [2.24, 2.45) is 11.8 Å². The van der Waals surface area contributed by atoms with Crippen LogP contribution in [0.3, 0.4) is 0 Å². The summed E-state index contributed by atoms with van der Waals surface area (Å²) in [4.78, 5) is 55.5. The number of anilines is 1. The zero-order valence-electron chi connectivity index (χ0n) is 20.9. The van der Waals surface area contributed by atoms with E-state index in [2.05, 4.69) is 5.32 Å². The number of Topliss-reactive ketones (excluding diaryl/α,β-unsaturated/α-hetero) is 2. The number of hydrogen-bond acceptors (Lipinski definition) is 8. The fourth-order valence-corrected chi connectivity index (χ4v) is 5.85. The SMILES string of the molecule is CCOC(=O)[C@H]1[C@H](C(=O)Nc2ccc3c(c2)OCO3)C(c2ccc(Cl)c(Cl)c2)OC12C(=O)c1ccccc1C2=O. The van der Waals surface area contributed by atoms with Crippen LogP contribution < -0.4 is 14.8 Å². The van der Waals surface area contributed by atoms with Crippen molar-refractivity contribution in [1.29, 1.82) is 0 Å². The maximum atomic E-state index is 14.0. The lowest BCUT2D eigenvalue weighted by Gasteiger charge is -2.27. The largest absolute Gasteiger partial charge is 0.466 e. The van der Waals surface area contributed by atoms with Crippen molar-refractivity contribution in [2.75, 3.05) is 18.7 Å². The Labute approximate surface area is 238 Å². The molecule has 0 saturated carbocycles. The molecule has 3 aliphatic rings. The summed E-state index contributed by atoms with van der Waals surface area (Å²) in [5.74, 6) is -5.05. The van der Waals surface area contributed by atoms with Crippen LogP contribution in [0.15, 0.2) is 60.7 Å².